The van der Waals surface area contributed by atoms with Gasteiger partial charge in [0.2, 0.25) is 11.8 Å². The van der Waals surface area contributed by atoms with E-state index >= 15 is 0 Å². The van der Waals surface area contributed by atoms with Crippen LogP contribution in [-0.4, -0.2) is 27.9 Å². The van der Waals surface area contributed by atoms with Crippen LogP contribution >= 0.6 is 11.8 Å². The normalized spacial score (nSPS) is 10.4. The number of carbonyl (C=O) groups excluding carboxylic acids is 2. The lowest BCUT2D eigenvalue weighted by molar-refractivity contribution is -0.117. The Morgan fingerprint density at radius 1 is 1.04 bits per heavy atom. The third-order valence-electron chi connectivity index (χ3n) is 3.77. The summed E-state index contributed by atoms with van der Waals surface area (Å²) in [5, 5.41) is 13.0. The predicted molar refractivity (Wildman–Crippen MR) is 104 cm³/mol. The van der Waals surface area contributed by atoms with Gasteiger partial charge in [-0.15, -0.1) is 10.2 Å². The molecule has 3 amide bonds. The molecule has 2 N–H and O–H groups in total. The van der Waals surface area contributed by atoms with Crippen molar-refractivity contribution in [2.24, 2.45) is 0 Å². The minimum Gasteiger partial charge on any atom is -0.411 e. The number of urea groups is 1. The fourth-order valence-corrected chi connectivity index (χ4v) is 2.80. The number of amides is 3. The van der Waals surface area contributed by atoms with Crippen molar-refractivity contribution in [2.45, 2.75) is 19.1 Å². The van der Waals surface area contributed by atoms with E-state index in [1.54, 1.807) is 6.07 Å². The first kappa shape index (κ1) is 18.7. The smallest absolute Gasteiger partial charge is 0.325 e. The minimum absolute atomic E-state index is 0.0171. The zero-order valence-corrected chi connectivity index (χ0v) is 15.7. The van der Waals surface area contributed by atoms with Gasteiger partial charge in [0.25, 0.3) is 5.22 Å². The van der Waals surface area contributed by atoms with Crippen LogP contribution in [0.1, 0.15) is 11.1 Å². The second kappa shape index (κ2) is 8.50. The Hall–Kier alpha value is -3.13. The highest BCUT2D eigenvalue weighted by molar-refractivity contribution is 7.99. The standard InChI is InChI=1S/C19H18N4O3S/c1-12-8-9-15(10-13(12)2)20-18(25)21-16(24)11-27-19-23-22-17(26-19)14-6-4-3-5-7-14/h3-10H,11H2,1-2H3,(H2,20,21,24,25). The molecule has 0 atom stereocenters. The average Bonchev–Trinajstić information content (AvgIpc) is 3.13. The van der Waals surface area contributed by atoms with Crippen molar-refractivity contribution in [1.29, 1.82) is 0 Å². The van der Waals surface area contributed by atoms with Crippen LogP contribution in [0.3, 0.4) is 0 Å². The van der Waals surface area contributed by atoms with Gasteiger partial charge in [-0.2, -0.15) is 0 Å². The maximum atomic E-state index is 11.9. The number of aromatic nitrogens is 2. The lowest BCUT2D eigenvalue weighted by atomic mass is 10.1. The second-order valence-electron chi connectivity index (χ2n) is 5.83. The topological polar surface area (TPSA) is 97.1 Å². The monoisotopic (exact) mass is 382 g/mol. The molecule has 0 aliphatic carbocycles. The summed E-state index contributed by atoms with van der Waals surface area (Å²) in [4.78, 5) is 23.8. The van der Waals surface area contributed by atoms with E-state index in [4.69, 9.17) is 4.42 Å². The van der Waals surface area contributed by atoms with Gasteiger partial charge in [-0.1, -0.05) is 36.0 Å². The number of aryl methyl sites for hydroxylation is 2. The first-order valence-corrected chi connectivity index (χ1v) is 9.19. The van der Waals surface area contributed by atoms with Gasteiger partial charge in [0.15, 0.2) is 0 Å². The molecule has 27 heavy (non-hydrogen) atoms. The van der Waals surface area contributed by atoms with E-state index in [0.29, 0.717) is 11.6 Å². The number of thioether (sulfide) groups is 1. The van der Waals surface area contributed by atoms with Gasteiger partial charge in [0, 0.05) is 11.3 Å². The number of benzene rings is 2. The second-order valence-corrected chi connectivity index (χ2v) is 6.76. The van der Waals surface area contributed by atoms with E-state index in [9.17, 15) is 9.59 Å². The molecule has 0 saturated carbocycles. The highest BCUT2D eigenvalue weighted by Gasteiger charge is 2.13. The molecule has 8 heteroatoms. The molecule has 1 aromatic heterocycles. The van der Waals surface area contributed by atoms with Crippen LogP contribution in [0.4, 0.5) is 10.5 Å². The van der Waals surface area contributed by atoms with Gasteiger partial charge in [-0.25, -0.2) is 4.79 Å². The van der Waals surface area contributed by atoms with Crippen molar-refractivity contribution in [3.63, 3.8) is 0 Å². The molecule has 0 aliphatic heterocycles. The summed E-state index contributed by atoms with van der Waals surface area (Å²) in [6.07, 6.45) is 0. The molecule has 0 fully saturated rings. The number of hydrogen-bond donors (Lipinski definition) is 2. The Bertz CT molecular complexity index is 957. The molecule has 0 unspecified atom stereocenters. The molecule has 3 aromatic rings. The van der Waals surface area contributed by atoms with Gasteiger partial charge in [-0.05, 0) is 49.2 Å². The van der Waals surface area contributed by atoms with Crippen LogP contribution in [0.5, 0.6) is 0 Å². The number of nitrogens with zero attached hydrogens (tertiary/aromatic N) is 2. The summed E-state index contributed by atoms with van der Waals surface area (Å²) in [7, 11) is 0. The number of hydrogen-bond acceptors (Lipinski definition) is 6. The van der Waals surface area contributed by atoms with Crippen LogP contribution in [0, 0.1) is 13.8 Å². The highest BCUT2D eigenvalue weighted by atomic mass is 32.2. The summed E-state index contributed by atoms with van der Waals surface area (Å²) in [6, 6.07) is 14.3. The van der Waals surface area contributed by atoms with E-state index in [0.717, 1.165) is 28.5 Å². The SMILES string of the molecule is Cc1ccc(NC(=O)NC(=O)CSc2nnc(-c3ccccc3)o2)cc1C. The van der Waals surface area contributed by atoms with Crippen molar-refractivity contribution in [3.8, 4) is 11.5 Å². The molecule has 0 saturated heterocycles. The van der Waals surface area contributed by atoms with Gasteiger partial charge in [-0.3, -0.25) is 10.1 Å². The van der Waals surface area contributed by atoms with Gasteiger partial charge < -0.3 is 9.73 Å². The lowest BCUT2D eigenvalue weighted by Crippen LogP contribution is -2.35. The first-order chi connectivity index (χ1) is 13.0. The highest BCUT2D eigenvalue weighted by Crippen LogP contribution is 2.22. The van der Waals surface area contributed by atoms with Crippen LogP contribution < -0.4 is 10.6 Å². The number of carbonyl (C=O) groups is 2. The van der Waals surface area contributed by atoms with Gasteiger partial charge >= 0.3 is 6.03 Å². The Labute approximate surface area is 160 Å². The van der Waals surface area contributed by atoms with Gasteiger partial charge in [0.05, 0.1) is 5.75 Å². The fraction of sp³-hybridized carbons (Fsp3) is 0.158. The van der Waals surface area contributed by atoms with Crippen molar-refractivity contribution in [2.75, 3.05) is 11.1 Å². The maximum absolute atomic E-state index is 11.9. The van der Waals surface area contributed by atoms with Crippen molar-refractivity contribution in [3.05, 3.63) is 59.7 Å². The largest absolute Gasteiger partial charge is 0.411 e. The zero-order valence-electron chi connectivity index (χ0n) is 14.9. The van der Waals surface area contributed by atoms with Crippen LogP contribution in [0.2, 0.25) is 0 Å². The fourth-order valence-electron chi connectivity index (χ4n) is 2.24. The Morgan fingerprint density at radius 2 is 1.81 bits per heavy atom. The number of nitrogens with one attached hydrogen (secondary N) is 2. The molecule has 0 aliphatic rings. The summed E-state index contributed by atoms with van der Waals surface area (Å²) >= 11 is 1.06. The van der Waals surface area contributed by atoms with Crippen molar-refractivity contribution < 1.29 is 14.0 Å². The average molecular weight is 382 g/mol. The Morgan fingerprint density at radius 3 is 2.56 bits per heavy atom. The molecule has 2 aromatic carbocycles. The maximum Gasteiger partial charge on any atom is 0.325 e. The third-order valence-corrected chi connectivity index (χ3v) is 4.59. The van der Waals surface area contributed by atoms with E-state index in [1.165, 1.54) is 0 Å². The van der Waals surface area contributed by atoms with Crippen LogP contribution in [0.15, 0.2) is 58.2 Å². The molecule has 0 radical (unpaired) electrons. The first-order valence-electron chi connectivity index (χ1n) is 8.21. The Balaban J connectivity index is 1.49. The van der Waals surface area contributed by atoms with Crippen LogP contribution in [0.25, 0.3) is 11.5 Å². The van der Waals surface area contributed by atoms with Gasteiger partial charge in [0.1, 0.15) is 0 Å². The lowest BCUT2D eigenvalue weighted by Gasteiger charge is -2.08. The molecular formula is C19H18N4O3S. The summed E-state index contributed by atoms with van der Waals surface area (Å²) in [6.45, 7) is 3.94. The summed E-state index contributed by atoms with van der Waals surface area (Å²) in [5.41, 5.74) is 3.61. The number of imide groups is 1. The minimum atomic E-state index is -0.584. The summed E-state index contributed by atoms with van der Waals surface area (Å²) in [5.74, 6) is -0.0941. The predicted octanol–water partition coefficient (Wildman–Crippen LogP) is 3.79. The van der Waals surface area contributed by atoms with Crippen LogP contribution in [-0.2, 0) is 4.79 Å². The molecule has 138 valence electrons. The number of rotatable bonds is 5. The van der Waals surface area contributed by atoms with E-state index < -0.39 is 11.9 Å². The zero-order chi connectivity index (χ0) is 19.2. The molecular weight excluding hydrogens is 364 g/mol. The van der Waals surface area contributed by atoms with Crippen molar-refractivity contribution in [1.82, 2.24) is 15.5 Å². The molecule has 7 nitrogen and oxygen atoms in total. The van der Waals surface area contributed by atoms with Crippen molar-refractivity contribution >= 4 is 29.4 Å². The third kappa shape index (κ3) is 5.18. The summed E-state index contributed by atoms with van der Waals surface area (Å²) < 4.78 is 5.51. The molecule has 0 spiro atoms. The van der Waals surface area contributed by atoms with E-state index in [-0.39, 0.29) is 11.0 Å². The van der Waals surface area contributed by atoms with E-state index in [2.05, 4.69) is 20.8 Å². The Kier molecular flexibility index (Phi) is 5.87. The van der Waals surface area contributed by atoms with E-state index in [1.807, 2.05) is 56.3 Å². The molecule has 0 bridgehead atoms. The number of anilines is 1. The molecule has 1 heterocycles. The quantitative estimate of drug-likeness (QED) is 0.652. The molecule has 3 rings (SSSR count).